The lowest BCUT2D eigenvalue weighted by Crippen LogP contribution is -2.05. The standard InChI is InChI=1S/C21H17N3O3/c1-2-26-21(25)18(23-24-22)13-19-20(16-11-7-4-8-12-16)17(14-27-19)15-9-5-3-6-10-15/h3-14H,2H2,1H3. The molecule has 1 aromatic heterocycles. The molecule has 6 nitrogen and oxygen atoms in total. The third kappa shape index (κ3) is 4.08. The van der Waals surface area contributed by atoms with Gasteiger partial charge in [-0.05, 0) is 29.7 Å². The molecule has 0 amide bonds. The van der Waals surface area contributed by atoms with Gasteiger partial charge in [-0.25, -0.2) is 4.79 Å². The van der Waals surface area contributed by atoms with E-state index >= 15 is 0 Å². The van der Waals surface area contributed by atoms with E-state index in [1.54, 1.807) is 13.2 Å². The van der Waals surface area contributed by atoms with Crippen molar-refractivity contribution in [2.45, 2.75) is 6.92 Å². The van der Waals surface area contributed by atoms with Gasteiger partial charge in [0.25, 0.3) is 0 Å². The molecule has 0 bridgehead atoms. The maximum absolute atomic E-state index is 12.1. The van der Waals surface area contributed by atoms with Crippen molar-refractivity contribution in [1.29, 1.82) is 0 Å². The van der Waals surface area contributed by atoms with Gasteiger partial charge < -0.3 is 9.15 Å². The van der Waals surface area contributed by atoms with Crippen LogP contribution in [0.5, 0.6) is 0 Å². The highest BCUT2D eigenvalue weighted by atomic mass is 16.5. The first-order chi connectivity index (χ1) is 13.2. The second-order valence-electron chi connectivity index (χ2n) is 5.56. The van der Waals surface area contributed by atoms with Crippen LogP contribution in [0.1, 0.15) is 12.7 Å². The van der Waals surface area contributed by atoms with Crippen LogP contribution >= 0.6 is 0 Å². The number of hydrogen-bond donors (Lipinski definition) is 0. The van der Waals surface area contributed by atoms with E-state index < -0.39 is 5.97 Å². The maximum Gasteiger partial charge on any atom is 0.340 e. The van der Waals surface area contributed by atoms with Gasteiger partial charge in [0, 0.05) is 16.0 Å². The highest BCUT2D eigenvalue weighted by Crippen LogP contribution is 2.37. The number of esters is 1. The molecule has 0 aliphatic rings. The van der Waals surface area contributed by atoms with Crippen LogP contribution in [0.15, 0.2) is 82.2 Å². The summed E-state index contributed by atoms with van der Waals surface area (Å²) in [6, 6.07) is 19.4. The van der Waals surface area contributed by atoms with Gasteiger partial charge in [0.1, 0.15) is 11.5 Å². The second-order valence-corrected chi connectivity index (χ2v) is 5.56. The number of hydrogen-bond acceptors (Lipinski definition) is 4. The molecule has 3 rings (SSSR count). The molecule has 0 atom stereocenters. The predicted octanol–water partition coefficient (Wildman–Crippen LogP) is 5.83. The van der Waals surface area contributed by atoms with Crippen molar-refractivity contribution in [3.63, 3.8) is 0 Å². The van der Waals surface area contributed by atoms with E-state index in [2.05, 4.69) is 10.0 Å². The summed E-state index contributed by atoms with van der Waals surface area (Å²) in [5.74, 6) is -0.289. The minimum absolute atomic E-state index is 0.162. The number of benzene rings is 2. The highest BCUT2D eigenvalue weighted by Gasteiger charge is 2.18. The molecule has 6 heteroatoms. The molecule has 0 fully saturated rings. The number of rotatable bonds is 6. The Kier molecular flexibility index (Phi) is 5.72. The van der Waals surface area contributed by atoms with Gasteiger partial charge in [-0.3, -0.25) is 0 Å². The average Bonchev–Trinajstić information content (AvgIpc) is 3.13. The zero-order valence-corrected chi connectivity index (χ0v) is 14.7. The van der Waals surface area contributed by atoms with Crippen molar-refractivity contribution in [3.8, 4) is 22.3 Å². The number of carbonyl (C=O) groups is 1. The zero-order chi connectivity index (χ0) is 19.1. The lowest BCUT2D eigenvalue weighted by Gasteiger charge is -2.06. The summed E-state index contributed by atoms with van der Waals surface area (Å²) >= 11 is 0. The van der Waals surface area contributed by atoms with E-state index in [4.69, 9.17) is 14.7 Å². The molecule has 0 spiro atoms. The number of furan rings is 1. The number of ether oxygens (including phenoxy) is 1. The molecule has 3 aromatic rings. The first kappa shape index (κ1) is 18.0. The van der Waals surface area contributed by atoms with Crippen LogP contribution in [-0.2, 0) is 9.53 Å². The van der Waals surface area contributed by atoms with Gasteiger partial charge in [0.15, 0.2) is 0 Å². The monoisotopic (exact) mass is 359 g/mol. The first-order valence-corrected chi connectivity index (χ1v) is 8.40. The summed E-state index contributed by atoms with van der Waals surface area (Å²) in [5.41, 5.74) is 12.2. The quantitative estimate of drug-likeness (QED) is 0.182. The fourth-order valence-corrected chi connectivity index (χ4v) is 2.72. The van der Waals surface area contributed by atoms with E-state index in [1.807, 2.05) is 60.7 Å². The minimum Gasteiger partial charge on any atom is -0.464 e. The molecule has 0 unspecified atom stereocenters. The largest absolute Gasteiger partial charge is 0.464 e. The van der Waals surface area contributed by atoms with Crippen molar-refractivity contribution in [3.05, 3.63) is 88.8 Å². The smallest absolute Gasteiger partial charge is 0.340 e. The molecule has 2 aromatic carbocycles. The Morgan fingerprint density at radius 1 is 1.11 bits per heavy atom. The van der Waals surface area contributed by atoms with Gasteiger partial charge in [0.05, 0.1) is 12.9 Å². The summed E-state index contributed by atoms with van der Waals surface area (Å²) in [4.78, 5) is 14.8. The minimum atomic E-state index is -0.702. The Labute approximate surface area is 156 Å². The topological polar surface area (TPSA) is 88.2 Å². The first-order valence-electron chi connectivity index (χ1n) is 8.40. The van der Waals surface area contributed by atoms with Crippen LogP contribution in [0.3, 0.4) is 0 Å². The van der Waals surface area contributed by atoms with Crippen LogP contribution in [0.2, 0.25) is 0 Å². The fraction of sp³-hybridized carbons (Fsp3) is 0.0952. The van der Waals surface area contributed by atoms with Crippen molar-refractivity contribution in [2.75, 3.05) is 6.61 Å². The van der Waals surface area contributed by atoms with Crippen LogP contribution in [-0.4, -0.2) is 12.6 Å². The van der Waals surface area contributed by atoms with E-state index in [0.717, 1.165) is 22.3 Å². The van der Waals surface area contributed by atoms with Crippen LogP contribution in [0.25, 0.3) is 38.8 Å². The summed E-state index contributed by atoms with van der Waals surface area (Å²) in [7, 11) is 0. The lowest BCUT2D eigenvalue weighted by molar-refractivity contribution is -0.138. The van der Waals surface area contributed by atoms with E-state index in [1.165, 1.54) is 6.08 Å². The molecule has 0 saturated carbocycles. The molecule has 0 aliphatic carbocycles. The van der Waals surface area contributed by atoms with Gasteiger partial charge in [-0.1, -0.05) is 65.8 Å². The number of nitrogens with zero attached hydrogens (tertiary/aromatic N) is 3. The van der Waals surface area contributed by atoms with Crippen molar-refractivity contribution in [1.82, 2.24) is 0 Å². The average molecular weight is 359 g/mol. The highest BCUT2D eigenvalue weighted by molar-refractivity contribution is 5.96. The van der Waals surface area contributed by atoms with E-state index in [-0.39, 0.29) is 12.3 Å². The number of azide groups is 1. The lowest BCUT2D eigenvalue weighted by atomic mass is 9.96. The Morgan fingerprint density at radius 3 is 2.33 bits per heavy atom. The fourth-order valence-electron chi connectivity index (χ4n) is 2.72. The van der Waals surface area contributed by atoms with Crippen molar-refractivity contribution in [2.24, 2.45) is 5.11 Å². The van der Waals surface area contributed by atoms with Crippen LogP contribution in [0, 0.1) is 0 Å². The second kappa shape index (κ2) is 8.56. The Bertz CT molecular complexity index is 1000. The third-order valence-electron chi connectivity index (χ3n) is 3.87. The Morgan fingerprint density at radius 2 is 1.74 bits per heavy atom. The van der Waals surface area contributed by atoms with Crippen LogP contribution in [0.4, 0.5) is 0 Å². The molecular formula is C21H17N3O3. The maximum atomic E-state index is 12.1. The third-order valence-corrected chi connectivity index (χ3v) is 3.87. The molecule has 0 aliphatic heterocycles. The van der Waals surface area contributed by atoms with E-state index in [0.29, 0.717) is 5.76 Å². The summed E-state index contributed by atoms with van der Waals surface area (Å²) in [6.07, 6.45) is 3.04. The molecule has 0 saturated heterocycles. The van der Waals surface area contributed by atoms with Crippen molar-refractivity contribution < 1.29 is 13.9 Å². The van der Waals surface area contributed by atoms with Crippen molar-refractivity contribution >= 4 is 12.0 Å². The van der Waals surface area contributed by atoms with Gasteiger partial charge >= 0.3 is 5.97 Å². The Balaban J connectivity index is 2.19. The number of carbonyl (C=O) groups excluding carboxylic acids is 1. The predicted molar refractivity (Wildman–Crippen MR) is 103 cm³/mol. The zero-order valence-electron chi connectivity index (χ0n) is 14.7. The Hall–Kier alpha value is -3.76. The summed E-state index contributed by atoms with van der Waals surface area (Å²) < 4.78 is 10.7. The molecule has 0 radical (unpaired) electrons. The molecule has 0 N–H and O–H groups in total. The van der Waals surface area contributed by atoms with Gasteiger partial charge in [-0.2, -0.15) is 0 Å². The summed E-state index contributed by atoms with van der Waals surface area (Å²) in [6.45, 7) is 1.86. The SMILES string of the molecule is CCOC(=O)C(=Cc1occ(-c2ccccc2)c1-c1ccccc1)N=[N+]=[N-]. The molecule has 1 heterocycles. The van der Waals surface area contributed by atoms with Gasteiger partial charge in [-0.15, -0.1) is 0 Å². The molecular weight excluding hydrogens is 342 g/mol. The molecule has 134 valence electrons. The summed E-state index contributed by atoms with van der Waals surface area (Å²) in [5, 5.41) is 3.46. The van der Waals surface area contributed by atoms with Gasteiger partial charge in [0.2, 0.25) is 0 Å². The van der Waals surface area contributed by atoms with E-state index in [9.17, 15) is 4.79 Å². The molecule has 27 heavy (non-hydrogen) atoms. The van der Waals surface area contributed by atoms with Crippen LogP contribution < -0.4 is 0 Å². The normalized spacial score (nSPS) is 10.9.